The number of nitrogens with zero attached hydrogens (tertiary/aromatic N) is 1. The number of unbranched alkanes of at least 4 members (excludes halogenated alkanes) is 3. The predicted molar refractivity (Wildman–Crippen MR) is 79.6 cm³/mol. The lowest BCUT2D eigenvalue weighted by atomic mass is 10.2. The van der Waals surface area contributed by atoms with E-state index in [9.17, 15) is 4.79 Å². The number of aliphatic hydroxyl groups is 1. The summed E-state index contributed by atoms with van der Waals surface area (Å²) in [5.41, 5.74) is 1.29. The smallest absolute Gasteiger partial charge is 0.269 e. The second-order valence-corrected chi connectivity index (χ2v) is 4.78. The average molecular weight is 272 g/mol. The third-order valence-corrected chi connectivity index (χ3v) is 3.20. The highest BCUT2D eigenvalue weighted by molar-refractivity contribution is 5.94. The van der Waals surface area contributed by atoms with Gasteiger partial charge in [-0.1, -0.05) is 37.1 Å². The summed E-state index contributed by atoms with van der Waals surface area (Å²) in [7, 11) is 0. The zero-order chi connectivity index (χ0) is 14.2. The van der Waals surface area contributed by atoms with Crippen molar-refractivity contribution in [3.63, 3.8) is 0 Å². The van der Waals surface area contributed by atoms with Crippen LogP contribution in [0, 0.1) is 0 Å². The number of aromatic nitrogens is 1. The van der Waals surface area contributed by atoms with E-state index in [2.05, 4.69) is 10.3 Å². The zero-order valence-electron chi connectivity index (χ0n) is 11.5. The first-order chi connectivity index (χ1) is 9.81. The van der Waals surface area contributed by atoms with Gasteiger partial charge in [-0.15, -0.1) is 0 Å². The van der Waals surface area contributed by atoms with Crippen molar-refractivity contribution in [2.45, 2.75) is 25.7 Å². The maximum Gasteiger partial charge on any atom is 0.269 e. The molecule has 20 heavy (non-hydrogen) atoms. The lowest BCUT2D eigenvalue weighted by Crippen LogP contribution is -2.25. The quantitative estimate of drug-likeness (QED) is 0.761. The number of nitrogens with one attached hydrogen (secondary N) is 1. The Bertz CT molecular complexity index is 569. The number of rotatable bonds is 7. The Morgan fingerprint density at radius 3 is 2.70 bits per heavy atom. The van der Waals surface area contributed by atoms with E-state index in [0.717, 1.165) is 36.6 Å². The van der Waals surface area contributed by atoms with Crippen molar-refractivity contribution in [3.05, 3.63) is 42.1 Å². The van der Waals surface area contributed by atoms with Crippen molar-refractivity contribution in [2.24, 2.45) is 0 Å². The van der Waals surface area contributed by atoms with Crippen molar-refractivity contribution in [2.75, 3.05) is 13.2 Å². The maximum atomic E-state index is 12.0. The molecule has 0 saturated carbocycles. The van der Waals surface area contributed by atoms with Crippen molar-refractivity contribution in [1.29, 1.82) is 0 Å². The fraction of sp³-hybridized carbons (Fsp3) is 0.375. The van der Waals surface area contributed by atoms with E-state index in [-0.39, 0.29) is 12.5 Å². The average Bonchev–Trinajstić information content (AvgIpc) is 2.50. The van der Waals surface area contributed by atoms with Gasteiger partial charge in [0.15, 0.2) is 0 Å². The normalized spacial score (nSPS) is 10.7. The molecule has 1 amide bonds. The van der Waals surface area contributed by atoms with Gasteiger partial charge in [-0.2, -0.15) is 0 Å². The van der Waals surface area contributed by atoms with Crippen LogP contribution in [0.15, 0.2) is 36.4 Å². The van der Waals surface area contributed by atoms with Crippen molar-refractivity contribution in [1.82, 2.24) is 10.3 Å². The number of para-hydroxylation sites is 1. The van der Waals surface area contributed by atoms with Crippen LogP contribution in [0.25, 0.3) is 10.9 Å². The number of aliphatic hydroxyl groups excluding tert-OH is 1. The van der Waals surface area contributed by atoms with Gasteiger partial charge in [-0.25, -0.2) is 4.98 Å². The summed E-state index contributed by atoms with van der Waals surface area (Å²) in [6, 6.07) is 11.4. The number of amides is 1. The predicted octanol–water partition coefficient (Wildman–Crippen LogP) is 2.52. The number of hydrogen-bond acceptors (Lipinski definition) is 3. The molecule has 1 aromatic heterocycles. The molecule has 4 nitrogen and oxygen atoms in total. The third-order valence-electron chi connectivity index (χ3n) is 3.20. The first-order valence-electron chi connectivity index (χ1n) is 7.06. The Morgan fingerprint density at radius 2 is 1.85 bits per heavy atom. The van der Waals surface area contributed by atoms with Gasteiger partial charge in [-0.3, -0.25) is 4.79 Å². The van der Waals surface area contributed by atoms with Crippen LogP contribution < -0.4 is 5.32 Å². The molecule has 2 aromatic rings. The van der Waals surface area contributed by atoms with Gasteiger partial charge in [0, 0.05) is 18.5 Å². The first-order valence-corrected chi connectivity index (χ1v) is 7.06. The van der Waals surface area contributed by atoms with Gasteiger partial charge in [-0.05, 0) is 25.0 Å². The fourth-order valence-corrected chi connectivity index (χ4v) is 2.08. The lowest BCUT2D eigenvalue weighted by molar-refractivity contribution is 0.0948. The summed E-state index contributed by atoms with van der Waals surface area (Å²) in [5, 5.41) is 12.6. The SMILES string of the molecule is O=C(NCCCCCCO)c1ccc2ccccc2n1. The molecule has 0 unspecified atom stereocenters. The molecule has 0 fully saturated rings. The van der Waals surface area contributed by atoms with Crippen LogP contribution in [0.2, 0.25) is 0 Å². The van der Waals surface area contributed by atoms with E-state index in [1.807, 2.05) is 30.3 Å². The van der Waals surface area contributed by atoms with E-state index in [4.69, 9.17) is 5.11 Å². The second kappa shape index (κ2) is 7.60. The number of fused-ring (bicyclic) bond motifs is 1. The molecular formula is C16H20N2O2. The van der Waals surface area contributed by atoms with Gasteiger partial charge < -0.3 is 10.4 Å². The molecule has 0 aliphatic carbocycles. The molecule has 2 N–H and O–H groups in total. The second-order valence-electron chi connectivity index (χ2n) is 4.78. The Hall–Kier alpha value is -1.94. The highest BCUT2D eigenvalue weighted by Gasteiger charge is 2.06. The maximum absolute atomic E-state index is 12.0. The molecule has 0 aliphatic rings. The molecule has 106 valence electrons. The van der Waals surface area contributed by atoms with Crippen molar-refractivity contribution < 1.29 is 9.90 Å². The summed E-state index contributed by atoms with van der Waals surface area (Å²) >= 11 is 0. The topological polar surface area (TPSA) is 62.2 Å². The van der Waals surface area contributed by atoms with Crippen LogP contribution in [0.4, 0.5) is 0 Å². The monoisotopic (exact) mass is 272 g/mol. The molecule has 0 spiro atoms. The van der Waals surface area contributed by atoms with Crippen LogP contribution in [0.3, 0.4) is 0 Å². The molecule has 2 rings (SSSR count). The number of carbonyl (C=O) groups is 1. The Morgan fingerprint density at radius 1 is 1.05 bits per heavy atom. The van der Waals surface area contributed by atoms with E-state index in [1.165, 1.54) is 0 Å². The van der Waals surface area contributed by atoms with Gasteiger partial charge in [0.25, 0.3) is 5.91 Å². The molecule has 0 radical (unpaired) electrons. The summed E-state index contributed by atoms with van der Waals surface area (Å²) in [6.07, 6.45) is 3.78. The van der Waals surface area contributed by atoms with Gasteiger partial charge in [0.1, 0.15) is 5.69 Å². The van der Waals surface area contributed by atoms with Crippen LogP contribution in [0.1, 0.15) is 36.2 Å². The number of pyridine rings is 1. The molecule has 1 heterocycles. The van der Waals surface area contributed by atoms with Crippen molar-refractivity contribution in [3.8, 4) is 0 Å². The number of carbonyl (C=O) groups excluding carboxylic acids is 1. The Labute approximate surface area is 118 Å². The minimum absolute atomic E-state index is 0.127. The molecular weight excluding hydrogens is 252 g/mol. The van der Waals surface area contributed by atoms with Gasteiger partial charge >= 0.3 is 0 Å². The van der Waals surface area contributed by atoms with Crippen molar-refractivity contribution >= 4 is 16.8 Å². The van der Waals surface area contributed by atoms with Crippen LogP contribution >= 0.6 is 0 Å². The standard InChI is InChI=1S/C16H20N2O2/c19-12-6-2-1-5-11-17-16(20)15-10-9-13-7-3-4-8-14(13)18-15/h3-4,7-10,19H,1-2,5-6,11-12H2,(H,17,20). The summed E-state index contributed by atoms with van der Waals surface area (Å²) in [4.78, 5) is 16.3. The van der Waals surface area contributed by atoms with Crippen LogP contribution in [0.5, 0.6) is 0 Å². The zero-order valence-corrected chi connectivity index (χ0v) is 11.5. The lowest BCUT2D eigenvalue weighted by Gasteiger charge is -2.05. The number of benzene rings is 1. The molecule has 0 aliphatic heterocycles. The minimum atomic E-state index is -0.127. The van der Waals surface area contributed by atoms with Crippen LogP contribution in [-0.2, 0) is 0 Å². The highest BCUT2D eigenvalue weighted by Crippen LogP contribution is 2.11. The highest BCUT2D eigenvalue weighted by atomic mass is 16.2. The van der Waals surface area contributed by atoms with E-state index in [1.54, 1.807) is 6.07 Å². The van der Waals surface area contributed by atoms with E-state index >= 15 is 0 Å². The molecule has 0 bridgehead atoms. The Balaban J connectivity index is 1.84. The molecule has 0 atom stereocenters. The summed E-state index contributed by atoms with van der Waals surface area (Å²) in [6.45, 7) is 0.895. The van der Waals surface area contributed by atoms with E-state index < -0.39 is 0 Å². The van der Waals surface area contributed by atoms with Gasteiger partial charge in [0.2, 0.25) is 0 Å². The fourth-order valence-electron chi connectivity index (χ4n) is 2.08. The van der Waals surface area contributed by atoms with E-state index in [0.29, 0.717) is 12.2 Å². The summed E-state index contributed by atoms with van der Waals surface area (Å²) < 4.78 is 0. The number of hydrogen-bond donors (Lipinski definition) is 2. The summed E-state index contributed by atoms with van der Waals surface area (Å²) in [5.74, 6) is -0.127. The molecule has 4 heteroatoms. The Kier molecular flexibility index (Phi) is 5.50. The minimum Gasteiger partial charge on any atom is -0.396 e. The largest absolute Gasteiger partial charge is 0.396 e. The van der Waals surface area contributed by atoms with Gasteiger partial charge in [0.05, 0.1) is 5.52 Å². The third kappa shape index (κ3) is 4.03. The molecule has 0 saturated heterocycles. The van der Waals surface area contributed by atoms with Crippen LogP contribution in [-0.4, -0.2) is 29.1 Å². The first kappa shape index (κ1) is 14.5. The molecule has 1 aromatic carbocycles.